The van der Waals surface area contributed by atoms with E-state index in [0.29, 0.717) is 17.4 Å². The number of rotatable bonds is 4. The molecule has 0 N–H and O–H groups in total. The minimum Gasteiger partial charge on any atom is -0.298 e. The molecule has 1 unspecified atom stereocenters. The van der Waals surface area contributed by atoms with Crippen molar-refractivity contribution >= 4 is 23.2 Å². The van der Waals surface area contributed by atoms with E-state index in [1.807, 2.05) is 18.9 Å². The minimum atomic E-state index is -0.263. The zero-order valence-corrected chi connectivity index (χ0v) is 10.3. The Morgan fingerprint density at radius 3 is 2.73 bits per heavy atom. The van der Waals surface area contributed by atoms with Crippen molar-refractivity contribution in [1.82, 2.24) is 4.90 Å². The number of nitrogens with zero attached hydrogens (tertiary/aromatic N) is 1. The Morgan fingerprint density at radius 1 is 1.47 bits per heavy atom. The number of alkyl halides is 1. The van der Waals surface area contributed by atoms with Crippen LogP contribution in [0.1, 0.15) is 12.5 Å². The Morgan fingerprint density at radius 2 is 2.13 bits per heavy atom. The minimum absolute atomic E-state index is 0.242. The third kappa shape index (κ3) is 3.63. The van der Waals surface area contributed by atoms with Crippen molar-refractivity contribution in [2.45, 2.75) is 19.5 Å². The molecule has 1 atom stereocenters. The van der Waals surface area contributed by atoms with E-state index in [4.69, 9.17) is 23.2 Å². The fourth-order valence-electron chi connectivity index (χ4n) is 1.21. The molecule has 0 fully saturated rings. The molecule has 1 aromatic rings. The van der Waals surface area contributed by atoms with Gasteiger partial charge in [-0.1, -0.05) is 11.6 Å². The van der Waals surface area contributed by atoms with Gasteiger partial charge >= 0.3 is 0 Å². The van der Waals surface area contributed by atoms with E-state index >= 15 is 0 Å². The largest absolute Gasteiger partial charge is 0.298 e. The third-order valence-corrected chi connectivity index (χ3v) is 3.22. The van der Waals surface area contributed by atoms with Crippen LogP contribution in [0.5, 0.6) is 0 Å². The Bertz CT molecular complexity index is 330. The summed E-state index contributed by atoms with van der Waals surface area (Å²) in [4.78, 5) is 2.04. The van der Waals surface area contributed by atoms with Crippen LogP contribution in [-0.4, -0.2) is 23.9 Å². The summed E-state index contributed by atoms with van der Waals surface area (Å²) in [6.07, 6.45) is 0. The van der Waals surface area contributed by atoms with Crippen LogP contribution in [0.25, 0.3) is 0 Å². The maximum absolute atomic E-state index is 13.0. The number of benzene rings is 1. The first-order valence-electron chi connectivity index (χ1n) is 4.74. The van der Waals surface area contributed by atoms with Crippen LogP contribution in [0.2, 0.25) is 5.02 Å². The quantitative estimate of drug-likeness (QED) is 0.739. The van der Waals surface area contributed by atoms with Crippen LogP contribution in [0, 0.1) is 5.82 Å². The molecule has 15 heavy (non-hydrogen) atoms. The highest BCUT2D eigenvalue weighted by Crippen LogP contribution is 2.19. The third-order valence-electron chi connectivity index (χ3n) is 2.40. The molecule has 0 aromatic heterocycles. The molecule has 0 bridgehead atoms. The summed E-state index contributed by atoms with van der Waals surface area (Å²) in [5, 5.41) is 0.588. The van der Waals surface area contributed by atoms with Crippen molar-refractivity contribution in [3.05, 3.63) is 34.6 Å². The maximum atomic E-state index is 13.0. The van der Waals surface area contributed by atoms with Crippen molar-refractivity contribution in [1.29, 1.82) is 0 Å². The van der Waals surface area contributed by atoms with Crippen LogP contribution < -0.4 is 0 Å². The molecule has 4 heteroatoms. The average Bonchev–Trinajstić information content (AvgIpc) is 2.22. The highest BCUT2D eigenvalue weighted by molar-refractivity contribution is 6.31. The van der Waals surface area contributed by atoms with E-state index in [0.717, 1.165) is 5.56 Å². The zero-order chi connectivity index (χ0) is 11.4. The molecule has 84 valence electrons. The summed E-state index contributed by atoms with van der Waals surface area (Å²) >= 11 is 11.7. The van der Waals surface area contributed by atoms with Gasteiger partial charge in [-0.3, -0.25) is 4.90 Å². The van der Waals surface area contributed by atoms with Gasteiger partial charge in [-0.2, -0.15) is 0 Å². The van der Waals surface area contributed by atoms with Crippen molar-refractivity contribution in [2.75, 3.05) is 12.9 Å². The van der Waals surface area contributed by atoms with Crippen LogP contribution in [0.4, 0.5) is 4.39 Å². The zero-order valence-electron chi connectivity index (χ0n) is 8.80. The molecule has 0 aliphatic carbocycles. The second-order valence-electron chi connectivity index (χ2n) is 3.65. The van der Waals surface area contributed by atoms with E-state index in [1.165, 1.54) is 12.1 Å². The van der Waals surface area contributed by atoms with Gasteiger partial charge in [0.05, 0.1) is 0 Å². The van der Waals surface area contributed by atoms with Crippen molar-refractivity contribution in [3.63, 3.8) is 0 Å². The average molecular weight is 250 g/mol. The first kappa shape index (κ1) is 12.8. The smallest absolute Gasteiger partial charge is 0.123 e. The Kier molecular flexibility index (Phi) is 4.84. The molecule has 0 aliphatic rings. The summed E-state index contributed by atoms with van der Waals surface area (Å²) in [6, 6.07) is 4.63. The fourth-order valence-corrected chi connectivity index (χ4v) is 1.62. The second kappa shape index (κ2) is 5.69. The molecule has 0 heterocycles. The first-order valence-corrected chi connectivity index (χ1v) is 5.66. The predicted octanol–water partition coefficient (Wildman–Crippen LogP) is 3.54. The SMILES string of the molecule is CC(CCl)N(C)Cc1cc(F)ccc1Cl. The lowest BCUT2D eigenvalue weighted by molar-refractivity contribution is 0.268. The van der Waals surface area contributed by atoms with E-state index < -0.39 is 0 Å². The highest BCUT2D eigenvalue weighted by atomic mass is 35.5. The van der Waals surface area contributed by atoms with Gasteiger partial charge in [-0.05, 0) is 37.7 Å². The molecule has 0 radical (unpaired) electrons. The molecule has 0 saturated heterocycles. The molecular formula is C11H14Cl2FN. The molecule has 1 nitrogen and oxygen atoms in total. The summed E-state index contributed by atoms with van der Waals surface area (Å²) in [5.74, 6) is 0.282. The topological polar surface area (TPSA) is 3.24 Å². The van der Waals surface area contributed by atoms with Gasteiger partial charge < -0.3 is 0 Å². The van der Waals surface area contributed by atoms with E-state index in [2.05, 4.69) is 0 Å². The van der Waals surface area contributed by atoms with Crippen LogP contribution in [0.15, 0.2) is 18.2 Å². The van der Waals surface area contributed by atoms with Gasteiger partial charge in [0, 0.05) is 23.5 Å². The lowest BCUT2D eigenvalue weighted by Gasteiger charge is -2.23. The van der Waals surface area contributed by atoms with Gasteiger partial charge in [-0.15, -0.1) is 11.6 Å². The molecular weight excluding hydrogens is 236 g/mol. The second-order valence-corrected chi connectivity index (χ2v) is 4.37. The normalized spacial score (nSPS) is 13.2. The number of hydrogen-bond donors (Lipinski definition) is 0. The first-order chi connectivity index (χ1) is 7.04. The maximum Gasteiger partial charge on any atom is 0.123 e. The summed E-state index contributed by atoms with van der Waals surface area (Å²) in [7, 11) is 1.94. The molecule has 0 aliphatic heterocycles. The van der Waals surface area contributed by atoms with Crippen LogP contribution >= 0.6 is 23.2 Å². The van der Waals surface area contributed by atoms with Gasteiger partial charge in [0.2, 0.25) is 0 Å². The Balaban J connectivity index is 2.75. The van der Waals surface area contributed by atoms with Gasteiger partial charge in [0.1, 0.15) is 5.82 Å². The van der Waals surface area contributed by atoms with Gasteiger partial charge in [0.15, 0.2) is 0 Å². The van der Waals surface area contributed by atoms with Gasteiger partial charge in [-0.25, -0.2) is 4.39 Å². The fraction of sp³-hybridized carbons (Fsp3) is 0.455. The molecule has 1 aromatic carbocycles. The standard InChI is InChI=1S/C11H14Cl2FN/c1-8(6-12)15(2)7-9-5-10(14)3-4-11(9)13/h3-5,8H,6-7H2,1-2H3. The number of hydrogen-bond acceptors (Lipinski definition) is 1. The predicted molar refractivity (Wildman–Crippen MR) is 63.1 cm³/mol. The summed E-state index contributed by atoms with van der Waals surface area (Å²) in [5.41, 5.74) is 0.788. The van der Waals surface area contributed by atoms with E-state index in [1.54, 1.807) is 6.07 Å². The molecule has 1 rings (SSSR count). The van der Waals surface area contributed by atoms with Crippen molar-refractivity contribution < 1.29 is 4.39 Å². The van der Waals surface area contributed by atoms with Crippen LogP contribution in [0.3, 0.4) is 0 Å². The molecule has 0 amide bonds. The van der Waals surface area contributed by atoms with Crippen LogP contribution in [-0.2, 0) is 6.54 Å². The Hall–Kier alpha value is -0.310. The lowest BCUT2D eigenvalue weighted by atomic mass is 10.2. The molecule has 0 saturated carbocycles. The van der Waals surface area contributed by atoms with Crippen molar-refractivity contribution in [3.8, 4) is 0 Å². The summed E-state index contributed by atoms with van der Waals surface area (Å²) < 4.78 is 13.0. The van der Waals surface area contributed by atoms with E-state index in [9.17, 15) is 4.39 Å². The van der Waals surface area contributed by atoms with E-state index in [-0.39, 0.29) is 11.9 Å². The number of halogens is 3. The molecule has 0 spiro atoms. The van der Waals surface area contributed by atoms with Crippen molar-refractivity contribution in [2.24, 2.45) is 0 Å². The Labute approximate surface area is 99.8 Å². The monoisotopic (exact) mass is 249 g/mol. The van der Waals surface area contributed by atoms with Gasteiger partial charge in [0.25, 0.3) is 0 Å². The highest BCUT2D eigenvalue weighted by Gasteiger charge is 2.10. The summed E-state index contributed by atoms with van der Waals surface area (Å²) in [6.45, 7) is 2.62. The lowest BCUT2D eigenvalue weighted by Crippen LogP contribution is -2.29.